The lowest BCUT2D eigenvalue weighted by atomic mass is 10.1. The Balaban J connectivity index is 3.10. The summed E-state index contributed by atoms with van der Waals surface area (Å²) < 4.78 is 43.0. The number of nitrogens with zero attached hydrogens (tertiary/aromatic N) is 1. The van der Waals surface area contributed by atoms with Crippen LogP contribution in [-0.2, 0) is 16.0 Å². The van der Waals surface area contributed by atoms with Crippen LogP contribution in [-0.4, -0.2) is 17.6 Å². The molecule has 94 valence electrons. The van der Waals surface area contributed by atoms with Crippen molar-refractivity contribution in [2.75, 3.05) is 6.61 Å². The van der Waals surface area contributed by atoms with Crippen LogP contribution >= 0.6 is 22.6 Å². The zero-order valence-corrected chi connectivity index (χ0v) is 11.0. The summed E-state index contributed by atoms with van der Waals surface area (Å²) in [4.78, 5) is 14.4. The highest BCUT2D eigenvalue weighted by molar-refractivity contribution is 14.1. The minimum Gasteiger partial charge on any atom is -0.466 e. The Labute approximate surface area is 110 Å². The Kier molecular flexibility index (Phi) is 5.16. The van der Waals surface area contributed by atoms with E-state index in [2.05, 4.69) is 9.72 Å². The highest BCUT2D eigenvalue weighted by Crippen LogP contribution is 2.27. The van der Waals surface area contributed by atoms with E-state index in [9.17, 15) is 18.0 Å². The van der Waals surface area contributed by atoms with Gasteiger partial charge in [-0.1, -0.05) is 0 Å². The molecule has 17 heavy (non-hydrogen) atoms. The van der Waals surface area contributed by atoms with E-state index in [-0.39, 0.29) is 22.2 Å². The van der Waals surface area contributed by atoms with E-state index in [1.54, 1.807) is 29.5 Å². The molecule has 3 nitrogen and oxygen atoms in total. The molecule has 1 aromatic rings. The van der Waals surface area contributed by atoms with Crippen molar-refractivity contribution in [3.8, 4) is 0 Å². The van der Waals surface area contributed by atoms with E-state index in [4.69, 9.17) is 0 Å². The van der Waals surface area contributed by atoms with E-state index in [1.165, 1.54) is 0 Å². The van der Waals surface area contributed by atoms with Crippen molar-refractivity contribution in [2.24, 2.45) is 0 Å². The molecule has 0 radical (unpaired) electrons. The molecule has 1 heterocycles. The van der Waals surface area contributed by atoms with Crippen LogP contribution in [0.4, 0.5) is 13.2 Å². The van der Waals surface area contributed by atoms with Gasteiger partial charge in [-0.25, -0.2) is 13.8 Å². The molecule has 0 aromatic carbocycles. The first kappa shape index (κ1) is 14.2. The number of ether oxygens (including phenoxy) is 1. The number of aromatic nitrogens is 1. The number of halogens is 4. The summed E-state index contributed by atoms with van der Waals surface area (Å²) in [6.45, 7) is 1.75. The van der Waals surface area contributed by atoms with Crippen LogP contribution < -0.4 is 0 Å². The van der Waals surface area contributed by atoms with Gasteiger partial charge in [0.1, 0.15) is 0 Å². The number of pyridine rings is 1. The lowest BCUT2D eigenvalue weighted by molar-refractivity contribution is -0.142. The third-order valence-electron chi connectivity index (χ3n) is 1.97. The monoisotopic (exact) mass is 359 g/mol. The van der Waals surface area contributed by atoms with Crippen molar-refractivity contribution in [1.29, 1.82) is 0 Å². The average molecular weight is 359 g/mol. The van der Waals surface area contributed by atoms with Crippen LogP contribution in [0, 0.1) is 9.52 Å². The van der Waals surface area contributed by atoms with Crippen LogP contribution in [0.2, 0.25) is 0 Å². The summed E-state index contributed by atoms with van der Waals surface area (Å²) >= 11 is 1.55. The number of esters is 1. The van der Waals surface area contributed by atoms with Gasteiger partial charge in [0.2, 0.25) is 5.95 Å². The van der Waals surface area contributed by atoms with Crippen LogP contribution in [0.3, 0.4) is 0 Å². The summed E-state index contributed by atoms with van der Waals surface area (Å²) in [5.74, 6) is -1.53. The largest absolute Gasteiger partial charge is 0.466 e. The van der Waals surface area contributed by atoms with Crippen LogP contribution in [0.15, 0.2) is 6.20 Å². The lowest BCUT2D eigenvalue weighted by Gasteiger charge is -2.10. The summed E-state index contributed by atoms with van der Waals surface area (Å²) in [7, 11) is 0. The van der Waals surface area contributed by atoms with E-state index >= 15 is 0 Å². The molecule has 7 heteroatoms. The van der Waals surface area contributed by atoms with Gasteiger partial charge < -0.3 is 4.74 Å². The normalized spacial score (nSPS) is 10.7. The SMILES string of the molecule is CCOC(=O)Cc1c(C(F)F)cnc(F)c1I. The molecule has 1 rings (SSSR count). The van der Waals surface area contributed by atoms with Crippen molar-refractivity contribution >= 4 is 28.6 Å². The number of carbonyl (C=O) groups is 1. The number of carbonyl (C=O) groups excluding carboxylic acids is 1. The fourth-order valence-corrected chi connectivity index (χ4v) is 1.88. The number of rotatable bonds is 4. The Morgan fingerprint density at radius 2 is 2.24 bits per heavy atom. The van der Waals surface area contributed by atoms with Gasteiger partial charge in [0, 0.05) is 11.8 Å². The first-order valence-corrected chi connectivity index (χ1v) is 5.81. The number of alkyl halides is 2. The number of hydrogen-bond acceptors (Lipinski definition) is 3. The van der Waals surface area contributed by atoms with Gasteiger partial charge >= 0.3 is 5.97 Å². The minimum atomic E-state index is -2.80. The van der Waals surface area contributed by atoms with Crippen molar-refractivity contribution in [3.05, 3.63) is 26.8 Å². The quantitative estimate of drug-likeness (QED) is 0.472. The topological polar surface area (TPSA) is 39.2 Å². The second-order valence-corrected chi connectivity index (χ2v) is 4.16. The van der Waals surface area contributed by atoms with Gasteiger partial charge in [0.25, 0.3) is 6.43 Å². The molecule has 0 N–H and O–H groups in total. The fourth-order valence-electron chi connectivity index (χ4n) is 1.24. The smallest absolute Gasteiger partial charge is 0.310 e. The molecular formula is C10H9F3INO2. The van der Waals surface area contributed by atoms with Crippen LogP contribution in [0.5, 0.6) is 0 Å². The number of hydrogen-bond donors (Lipinski definition) is 0. The Bertz CT molecular complexity index is 426. The summed E-state index contributed by atoms with van der Waals surface area (Å²) in [6.07, 6.45) is -2.44. The highest BCUT2D eigenvalue weighted by atomic mass is 127. The van der Waals surface area contributed by atoms with E-state index in [0.717, 1.165) is 6.20 Å². The maximum Gasteiger partial charge on any atom is 0.310 e. The zero-order valence-electron chi connectivity index (χ0n) is 8.84. The van der Waals surface area contributed by atoms with E-state index in [0.29, 0.717) is 0 Å². The van der Waals surface area contributed by atoms with Gasteiger partial charge in [-0.15, -0.1) is 0 Å². The fraction of sp³-hybridized carbons (Fsp3) is 0.400. The van der Waals surface area contributed by atoms with Gasteiger partial charge in [-0.2, -0.15) is 4.39 Å². The predicted molar refractivity (Wildman–Crippen MR) is 62.2 cm³/mol. The molecule has 1 aromatic heterocycles. The molecule has 0 aliphatic heterocycles. The molecule has 0 atom stereocenters. The molecule has 0 spiro atoms. The molecule has 0 bridgehead atoms. The van der Waals surface area contributed by atoms with E-state index < -0.39 is 23.9 Å². The minimum absolute atomic E-state index is 0.0634. The molecule has 0 saturated carbocycles. The van der Waals surface area contributed by atoms with Crippen molar-refractivity contribution < 1.29 is 22.7 Å². The lowest BCUT2D eigenvalue weighted by Crippen LogP contribution is -2.12. The summed E-state index contributed by atoms with van der Waals surface area (Å²) in [5.41, 5.74) is -0.504. The molecule has 0 aliphatic rings. The van der Waals surface area contributed by atoms with Crippen molar-refractivity contribution in [2.45, 2.75) is 19.8 Å². The standard InChI is InChI=1S/C10H9F3INO2/c1-2-17-7(16)3-5-6(9(11)12)4-15-10(13)8(5)14/h4,9H,2-3H2,1H3. The third kappa shape index (κ3) is 3.55. The van der Waals surface area contributed by atoms with Gasteiger partial charge in [-0.3, -0.25) is 4.79 Å². The van der Waals surface area contributed by atoms with Crippen LogP contribution in [0.1, 0.15) is 24.5 Å². The molecule has 0 unspecified atom stereocenters. The average Bonchev–Trinajstić information content (AvgIpc) is 2.25. The van der Waals surface area contributed by atoms with Gasteiger partial charge in [-0.05, 0) is 35.1 Å². The van der Waals surface area contributed by atoms with Crippen LogP contribution in [0.25, 0.3) is 0 Å². The highest BCUT2D eigenvalue weighted by Gasteiger charge is 2.21. The molecule has 0 aliphatic carbocycles. The zero-order chi connectivity index (χ0) is 13.0. The second kappa shape index (κ2) is 6.18. The molecule has 0 fully saturated rings. The Hall–Kier alpha value is -0.860. The summed E-state index contributed by atoms with van der Waals surface area (Å²) in [5, 5.41) is 0. The third-order valence-corrected chi connectivity index (χ3v) is 3.07. The van der Waals surface area contributed by atoms with E-state index in [1.807, 2.05) is 0 Å². The maximum absolute atomic E-state index is 13.1. The van der Waals surface area contributed by atoms with Gasteiger partial charge in [0.05, 0.1) is 16.6 Å². The second-order valence-electron chi connectivity index (χ2n) is 3.08. The first-order chi connectivity index (χ1) is 7.97. The maximum atomic E-state index is 13.1. The van der Waals surface area contributed by atoms with Gasteiger partial charge in [0.15, 0.2) is 0 Å². The molecular weight excluding hydrogens is 350 g/mol. The molecule has 0 amide bonds. The Morgan fingerprint density at radius 3 is 2.76 bits per heavy atom. The first-order valence-electron chi connectivity index (χ1n) is 4.73. The van der Waals surface area contributed by atoms with Crippen molar-refractivity contribution in [3.63, 3.8) is 0 Å². The summed E-state index contributed by atoms with van der Waals surface area (Å²) in [6, 6.07) is 0. The Morgan fingerprint density at radius 1 is 1.59 bits per heavy atom. The predicted octanol–water partition coefficient (Wildman–Crippen LogP) is 2.87. The molecule has 0 saturated heterocycles. The van der Waals surface area contributed by atoms with Crippen molar-refractivity contribution in [1.82, 2.24) is 4.98 Å².